The smallest absolute Gasteiger partial charge is 0.160 e. The van der Waals surface area contributed by atoms with Gasteiger partial charge in [0.15, 0.2) is 5.65 Å². The summed E-state index contributed by atoms with van der Waals surface area (Å²) in [5.41, 5.74) is 3.30. The van der Waals surface area contributed by atoms with Crippen molar-refractivity contribution in [1.29, 1.82) is 0 Å². The summed E-state index contributed by atoms with van der Waals surface area (Å²) in [6.07, 6.45) is 4.44. The van der Waals surface area contributed by atoms with Crippen LogP contribution in [0.2, 0.25) is 0 Å². The highest BCUT2D eigenvalue weighted by Crippen LogP contribution is 2.28. The van der Waals surface area contributed by atoms with Crippen LogP contribution in [0.15, 0.2) is 12.3 Å². The van der Waals surface area contributed by atoms with Crippen molar-refractivity contribution in [2.45, 2.75) is 52.5 Å². The fraction of sp³-hybridized carbons (Fsp3) is 0.647. The Labute approximate surface area is 127 Å². The molecule has 0 unspecified atom stereocenters. The van der Waals surface area contributed by atoms with Gasteiger partial charge < -0.3 is 9.88 Å². The Morgan fingerprint density at radius 2 is 2.00 bits per heavy atom. The number of imidazole rings is 1. The van der Waals surface area contributed by atoms with Crippen molar-refractivity contribution in [3.63, 3.8) is 0 Å². The molecular formula is C17H26N4. The van der Waals surface area contributed by atoms with Crippen molar-refractivity contribution in [2.75, 3.05) is 13.1 Å². The third kappa shape index (κ3) is 2.95. The maximum absolute atomic E-state index is 4.90. The molecule has 0 aliphatic carbocycles. The van der Waals surface area contributed by atoms with E-state index in [4.69, 9.17) is 4.98 Å². The van der Waals surface area contributed by atoms with Crippen LogP contribution in [0.3, 0.4) is 0 Å². The molecule has 0 radical (unpaired) electrons. The third-order valence-corrected chi connectivity index (χ3v) is 4.29. The summed E-state index contributed by atoms with van der Waals surface area (Å²) in [5.74, 6) is 1.89. The molecule has 0 aromatic carbocycles. The first-order valence-corrected chi connectivity index (χ1v) is 7.99. The summed E-state index contributed by atoms with van der Waals surface area (Å²) < 4.78 is 2.37. The van der Waals surface area contributed by atoms with Gasteiger partial charge in [-0.3, -0.25) is 0 Å². The van der Waals surface area contributed by atoms with Crippen molar-refractivity contribution < 1.29 is 0 Å². The Kier molecular flexibility index (Phi) is 3.74. The van der Waals surface area contributed by atoms with E-state index in [0.29, 0.717) is 0 Å². The van der Waals surface area contributed by atoms with Crippen LogP contribution in [0.5, 0.6) is 0 Å². The molecule has 2 aromatic heterocycles. The zero-order chi connectivity index (χ0) is 15.0. The predicted molar refractivity (Wildman–Crippen MR) is 86.6 cm³/mol. The molecular weight excluding hydrogens is 260 g/mol. The lowest BCUT2D eigenvalue weighted by Crippen LogP contribution is -2.31. The van der Waals surface area contributed by atoms with Crippen LogP contribution in [0, 0.1) is 12.8 Å². The van der Waals surface area contributed by atoms with E-state index in [1.807, 2.05) is 6.20 Å². The molecule has 114 valence electrons. The van der Waals surface area contributed by atoms with Crippen molar-refractivity contribution in [3.05, 3.63) is 23.7 Å². The number of fused-ring (bicyclic) bond motifs is 1. The maximum atomic E-state index is 4.90. The molecule has 4 nitrogen and oxygen atoms in total. The summed E-state index contributed by atoms with van der Waals surface area (Å²) in [6, 6.07) is 2.15. The Balaban J connectivity index is 2.04. The highest BCUT2D eigenvalue weighted by molar-refractivity contribution is 5.72. The molecule has 1 fully saturated rings. The van der Waals surface area contributed by atoms with Gasteiger partial charge in [-0.1, -0.05) is 20.8 Å². The minimum atomic E-state index is 0.0432. The van der Waals surface area contributed by atoms with Gasteiger partial charge in [0.25, 0.3) is 0 Å². The SMILES string of the molecule is Cc1cnc2c(c1)nc(C(C)(C)C)n2CC1CCNCC1. The largest absolute Gasteiger partial charge is 0.317 e. The zero-order valence-electron chi connectivity index (χ0n) is 13.6. The van der Waals surface area contributed by atoms with Crippen LogP contribution in [0.4, 0.5) is 0 Å². The molecule has 1 saturated heterocycles. The minimum Gasteiger partial charge on any atom is -0.317 e. The topological polar surface area (TPSA) is 42.7 Å². The van der Waals surface area contributed by atoms with Crippen LogP contribution in [0.25, 0.3) is 11.2 Å². The molecule has 0 amide bonds. The molecule has 21 heavy (non-hydrogen) atoms. The molecule has 0 spiro atoms. The van der Waals surface area contributed by atoms with Gasteiger partial charge in [0.1, 0.15) is 11.3 Å². The number of aromatic nitrogens is 3. The van der Waals surface area contributed by atoms with E-state index in [0.717, 1.165) is 42.5 Å². The number of nitrogens with one attached hydrogen (secondary N) is 1. The van der Waals surface area contributed by atoms with Crippen LogP contribution in [-0.2, 0) is 12.0 Å². The number of hydrogen-bond donors (Lipinski definition) is 1. The second-order valence-electron chi connectivity index (χ2n) is 7.34. The summed E-state index contributed by atoms with van der Waals surface area (Å²) in [7, 11) is 0. The van der Waals surface area contributed by atoms with Crippen LogP contribution < -0.4 is 5.32 Å². The monoisotopic (exact) mass is 286 g/mol. The quantitative estimate of drug-likeness (QED) is 0.922. The first-order chi connectivity index (χ1) is 9.95. The highest BCUT2D eigenvalue weighted by Gasteiger charge is 2.25. The lowest BCUT2D eigenvalue weighted by Gasteiger charge is -2.26. The molecule has 1 N–H and O–H groups in total. The number of rotatable bonds is 2. The van der Waals surface area contributed by atoms with Crippen molar-refractivity contribution >= 4 is 11.2 Å². The van der Waals surface area contributed by atoms with Crippen molar-refractivity contribution in [1.82, 2.24) is 19.9 Å². The Hall–Kier alpha value is -1.42. The molecule has 1 aliphatic rings. The van der Waals surface area contributed by atoms with E-state index < -0.39 is 0 Å². The standard InChI is InChI=1S/C17H26N4/c1-12-9-14-15(19-10-12)21(16(20-14)17(2,3)4)11-13-5-7-18-8-6-13/h9-10,13,18H,5-8,11H2,1-4H3. The van der Waals surface area contributed by atoms with Gasteiger partial charge in [0.05, 0.1) is 0 Å². The molecule has 0 saturated carbocycles. The molecule has 1 aliphatic heterocycles. The van der Waals surface area contributed by atoms with E-state index >= 15 is 0 Å². The van der Waals surface area contributed by atoms with Gasteiger partial charge in [0.2, 0.25) is 0 Å². The normalized spacial score (nSPS) is 17.5. The van der Waals surface area contributed by atoms with Crippen LogP contribution in [0.1, 0.15) is 45.0 Å². The Bertz CT molecular complexity index is 630. The molecule has 3 rings (SSSR count). The average molecular weight is 286 g/mol. The zero-order valence-corrected chi connectivity index (χ0v) is 13.6. The first-order valence-electron chi connectivity index (χ1n) is 7.99. The van der Waals surface area contributed by atoms with E-state index in [9.17, 15) is 0 Å². The number of piperidine rings is 1. The molecule has 0 atom stereocenters. The summed E-state index contributed by atoms with van der Waals surface area (Å²) in [4.78, 5) is 9.56. The highest BCUT2D eigenvalue weighted by atomic mass is 15.1. The second kappa shape index (κ2) is 5.41. The average Bonchev–Trinajstić information content (AvgIpc) is 2.78. The van der Waals surface area contributed by atoms with Crippen molar-refractivity contribution in [2.24, 2.45) is 5.92 Å². The van der Waals surface area contributed by atoms with E-state index in [-0.39, 0.29) is 5.41 Å². The Morgan fingerprint density at radius 3 is 2.67 bits per heavy atom. The molecule has 4 heteroatoms. The molecule has 0 bridgehead atoms. The summed E-state index contributed by atoms with van der Waals surface area (Å²) in [6.45, 7) is 12.1. The molecule has 2 aromatic rings. The molecule has 3 heterocycles. The van der Waals surface area contributed by atoms with Gasteiger partial charge in [-0.25, -0.2) is 9.97 Å². The summed E-state index contributed by atoms with van der Waals surface area (Å²) in [5, 5.41) is 3.44. The maximum Gasteiger partial charge on any atom is 0.160 e. The number of nitrogens with zero attached hydrogens (tertiary/aromatic N) is 3. The fourth-order valence-electron chi connectivity index (χ4n) is 3.18. The van der Waals surface area contributed by atoms with E-state index in [1.165, 1.54) is 18.4 Å². The minimum absolute atomic E-state index is 0.0432. The number of hydrogen-bond acceptors (Lipinski definition) is 3. The van der Waals surface area contributed by atoms with Gasteiger partial charge in [-0.2, -0.15) is 0 Å². The number of aryl methyl sites for hydroxylation is 1. The lowest BCUT2D eigenvalue weighted by atomic mass is 9.94. The van der Waals surface area contributed by atoms with Gasteiger partial charge in [-0.05, 0) is 50.4 Å². The van der Waals surface area contributed by atoms with Gasteiger partial charge in [0, 0.05) is 18.2 Å². The van der Waals surface area contributed by atoms with E-state index in [2.05, 4.69) is 48.6 Å². The first kappa shape index (κ1) is 14.5. The van der Waals surface area contributed by atoms with Crippen molar-refractivity contribution in [3.8, 4) is 0 Å². The van der Waals surface area contributed by atoms with E-state index in [1.54, 1.807) is 0 Å². The van der Waals surface area contributed by atoms with Crippen LogP contribution >= 0.6 is 0 Å². The third-order valence-electron chi connectivity index (χ3n) is 4.29. The lowest BCUT2D eigenvalue weighted by molar-refractivity contribution is 0.325. The van der Waals surface area contributed by atoms with Gasteiger partial charge in [-0.15, -0.1) is 0 Å². The second-order valence-corrected chi connectivity index (χ2v) is 7.34. The predicted octanol–water partition coefficient (Wildman–Crippen LogP) is 3.04. The Morgan fingerprint density at radius 1 is 1.29 bits per heavy atom. The van der Waals surface area contributed by atoms with Gasteiger partial charge >= 0.3 is 0 Å². The summed E-state index contributed by atoms with van der Waals surface area (Å²) >= 11 is 0. The fourth-order valence-corrected chi connectivity index (χ4v) is 3.18. The number of pyridine rings is 1. The van der Waals surface area contributed by atoms with Crippen LogP contribution in [-0.4, -0.2) is 27.6 Å².